The van der Waals surface area contributed by atoms with E-state index in [-0.39, 0.29) is 5.88 Å². The van der Waals surface area contributed by atoms with Crippen LogP contribution in [0.25, 0.3) is 0 Å². The van der Waals surface area contributed by atoms with Crippen molar-refractivity contribution in [2.45, 2.75) is 12.5 Å². The van der Waals surface area contributed by atoms with Crippen molar-refractivity contribution < 1.29 is 9.84 Å². The second-order valence-electron chi connectivity index (χ2n) is 2.97. The summed E-state index contributed by atoms with van der Waals surface area (Å²) in [6, 6.07) is 5.36. The average molecular weight is 235 g/mol. The number of alkyl halides is 1. The maximum absolute atomic E-state index is 9.34. The second-order valence-corrected chi connectivity index (χ2v) is 3.69. The van der Waals surface area contributed by atoms with E-state index in [0.717, 1.165) is 5.56 Å². The summed E-state index contributed by atoms with van der Waals surface area (Å²) in [5.41, 5.74) is 0.876. The van der Waals surface area contributed by atoms with E-state index in [0.29, 0.717) is 17.2 Å². The van der Waals surface area contributed by atoms with Gasteiger partial charge in [0, 0.05) is 17.3 Å². The van der Waals surface area contributed by atoms with Gasteiger partial charge in [0.2, 0.25) is 0 Å². The molecule has 2 nitrogen and oxygen atoms in total. The van der Waals surface area contributed by atoms with Gasteiger partial charge < -0.3 is 9.84 Å². The molecule has 78 valence electrons. The third kappa shape index (κ3) is 3.05. The van der Waals surface area contributed by atoms with E-state index in [1.54, 1.807) is 13.2 Å². The predicted octanol–water partition coefficient (Wildman–Crippen LogP) is 2.49. The number of ether oxygens (including phenoxy) is 1. The van der Waals surface area contributed by atoms with Crippen LogP contribution in [0.4, 0.5) is 0 Å². The van der Waals surface area contributed by atoms with Crippen LogP contribution >= 0.6 is 23.2 Å². The van der Waals surface area contributed by atoms with Crippen LogP contribution in [-0.2, 0) is 6.42 Å². The number of hydrogen-bond acceptors (Lipinski definition) is 2. The largest absolute Gasteiger partial charge is 0.497 e. The van der Waals surface area contributed by atoms with E-state index in [9.17, 15) is 5.11 Å². The molecule has 0 bridgehead atoms. The molecule has 1 unspecified atom stereocenters. The lowest BCUT2D eigenvalue weighted by molar-refractivity contribution is 0.198. The summed E-state index contributed by atoms with van der Waals surface area (Å²) in [5, 5.41) is 9.93. The molecule has 1 N–H and O–H groups in total. The number of aliphatic hydroxyl groups excluding tert-OH is 1. The average Bonchev–Trinajstić information content (AvgIpc) is 2.20. The fourth-order valence-corrected chi connectivity index (χ4v) is 1.49. The molecular weight excluding hydrogens is 223 g/mol. The molecule has 14 heavy (non-hydrogen) atoms. The summed E-state index contributed by atoms with van der Waals surface area (Å²) < 4.78 is 5.01. The molecule has 1 rings (SSSR count). The Hall–Kier alpha value is -0.440. The van der Waals surface area contributed by atoms with Gasteiger partial charge in [-0.2, -0.15) is 0 Å². The molecule has 0 saturated heterocycles. The Morgan fingerprint density at radius 1 is 1.50 bits per heavy atom. The van der Waals surface area contributed by atoms with Crippen molar-refractivity contribution in [3.63, 3.8) is 0 Å². The molecule has 1 aromatic rings. The smallest absolute Gasteiger partial charge is 0.120 e. The summed E-state index contributed by atoms with van der Waals surface area (Å²) in [6.07, 6.45) is -0.0886. The molecule has 0 spiro atoms. The molecule has 0 aliphatic heterocycles. The topological polar surface area (TPSA) is 29.5 Å². The number of benzene rings is 1. The lowest BCUT2D eigenvalue weighted by Crippen LogP contribution is -2.12. The van der Waals surface area contributed by atoms with Gasteiger partial charge >= 0.3 is 0 Å². The van der Waals surface area contributed by atoms with Crippen molar-refractivity contribution in [2.75, 3.05) is 13.0 Å². The molecule has 4 heteroatoms. The highest BCUT2D eigenvalue weighted by molar-refractivity contribution is 6.31. The van der Waals surface area contributed by atoms with Crippen molar-refractivity contribution in [3.8, 4) is 5.75 Å². The molecule has 0 amide bonds. The van der Waals surface area contributed by atoms with Crippen molar-refractivity contribution in [2.24, 2.45) is 0 Å². The van der Waals surface area contributed by atoms with Gasteiger partial charge in [-0.25, -0.2) is 0 Å². The van der Waals surface area contributed by atoms with Gasteiger partial charge in [0.15, 0.2) is 0 Å². The normalized spacial score (nSPS) is 12.6. The van der Waals surface area contributed by atoms with Crippen LogP contribution in [0.2, 0.25) is 5.02 Å². The molecule has 0 aromatic heterocycles. The van der Waals surface area contributed by atoms with Crippen molar-refractivity contribution in [1.29, 1.82) is 0 Å². The number of aliphatic hydroxyl groups is 1. The Kier molecular flexibility index (Phi) is 4.52. The van der Waals surface area contributed by atoms with Gasteiger partial charge in [-0.15, -0.1) is 11.6 Å². The molecule has 1 atom stereocenters. The third-order valence-electron chi connectivity index (χ3n) is 1.89. The van der Waals surface area contributed by atoms with E-state index >= 15 is 0 Å². The minimum Gasteiger partial charge on any atom is -0.497 e. The first kappa shape index (κ1) is 11.6. The zero-order valence-electron chi connectivity index (χ0n) is 7.84. The first-order valence-electron chi connectivity index (χ1n) is 4.23. The summed E-state index contributed by atoms with van der Waals surface area (Å²) in [7, 11) is 1.58. The minimum atomic E-state index is -0.553. The molecule has 0 aliphatic carbocycles. The zero-order chi connectivity index (χ0) is 10.6. The second kappa shape index (κ2) is 5.44. The first-order chi connectivity index (χ1) is 6.67. The lowest BCUT2D eigenvalue weighted by atomic mass is 10.1. The van der Waals surface area contributed by atoms with Crippen LogP contribution < -0.4 is 4.74 Å². The Morgan fingerprint density at radius 3 is 2.71 bits per heavy atom. The quantitative estimate of drug-likeness (QED) is 0.812. The van der Waals surface area contributed by atoms with Crippen molar-refractivity contribution in [1.82, 2.24) is 0 Å². The van der Waals surface area contributed by atoms with E-state index in [2.05, 4.69) is 0 Å². The third-order valence-corrected chi connectivity index (χ3v) is 2.60. The van der Waals surface area contributed by atoms with Gasteiger partial charge in [0.1, 0.15) is 5.75 Å². The van der Waals surface area contributed by atoms with Crippen LogP contribution in [0.1, 0.15) is 5.56 Å². The van der Waals surface area contributed by atoms with E-state index in [1.165, 1.54) is 0 Å². The maximum atomic E-state index is 9.34. The van der Waals surface area contributed by atoms with Crippen LogP contribution in [0.15, 0.2) is 18.2 Å². The molecule has 0 aliphatic rings. The molecular formula is C10H12Cl2O2. The fraction of sp³-hybridized carbons (Fsp3) is 0.400. The van der Waals surface area contributed by atoms with Gasteiger partial charge in [-0.1, -0.05) is 17.7 Å². The molecule has 1 aromatic carbocycles. The monoisotopic (exact) mass is 234 g/mol. The molecule has 0 saturated carbocycles. The molecule has 0 radical (unpaired) electrons. The highest BCUT2D eigenvalue weighted by Gasteiger charge is 2.07. The summed E-state index contributed by atoms with van der Waals surface area (Å²) in [6.45, 7) is 0. The van der Waals surface area contributed by atoms with Crippen molar-refractivity contribution in [3.05, 3.63) is 28.8 Å². The van der Waals surface area contributed by atoms with Crippen LogP contribution in [0.5, 0.6) is 5.75 Å². The maximum Gasteiger partial charge on any atom is 0.120 e. The lowest BCUT2D eigenvalue weighted by Gasteiger charge is -2.09. The standard InChI is InChI=1S/C10H12Cl2O2/c1-14-9-3-2-7(10(12)5-9)4-8(13)6-11/h2-3,5,8,13H,4,6H2,1H3. The number of hydrogen-bond donors (Lipinski definition) is 1. The van der Waals surface area contributed by atoms with Crippen molar-refractivity contribution >= 4 is 23.2 Å². The highest BCUT2D eigenvalue weighted by Crippen LogP contribution is 2.23. The van der Waals surface area contributed by atoms with Gasteiger partial charge in [-0.3, -0.25) is 0 Å². The van der Waals surface area contributed by atoms with Gasteiger partial charge in [0.25, 0.3) is 0 Å². The summed E-state index contributed by atoms with van der Waals surface area (Å²) in [4.78, 5) is 0. The Bertz CT molecular complexity index is 302. The van der Waals surface area contributed by atoms with E-state index < -0.39 is 6.10 Å². The number of rotatable bonds is 4. The number of methoxy groups -OCH3 is 1. The van der Waals surface area contributed by atoms with E-state index in [1.807, 2.05) is 12.1 Å². The Morgan fingerprint density at radius 2 is 2.21 bits per heavy atom. The fourth-order valence-electron chi connectivity index (χ4n) is 1.13. The predicted molar refractivity (Wildman–Crippen MR) is 58.4 cm³/mol. The van der Waals surface area contributed by atoms with E-state index in [4.69, 9.17) is 27.9 Å². The Balaban J connectivity index is 2.78. The number of halogens is 2. The van der Waals surface area contributed by atoms with Crippen LogP contribution in [0, 0.1) is 0 Å². The highest BCUT2D eigenvalue weighted by atomic mass is 35.5. The van der Waals surface area contributed by atoms with Gasteiger partial charge in [-0.05, 0) is 17.7 Å². The summed E-state index contributed by atoms with van der Waals surface area (Å²) >= 11 is 11.5. The molecule has 0 fully saturated rings. The SMILES string of the molecule is COc1ccc(CC(O)CCl)c(Cl)c1. The van der Waals surface area contributed by atoms with Crippen LogP contribution in [0.3, 0.4) is 0 Å². The Labute approximate surface area is 93.4 Å². The van der Waals surface area contributed by atoms with Gasteiger partial charge in [0.05, 0.1) is 13.2 Å². The molecule has 0 heterocycles. The summed E-state index contributed by atoms with van der Waals surface area (Å²) in [5.74, 6) is 0.918. The minimum absolute atomic E-state index is 0.211. The first-order valence-corrected chi connectivity index (χ1v) is 5.15. The zero-order valence-corrected chi connectivity index (χ0v) is 9.35. The van der Waals surface area contributed by atoms with Crippen LogP contribution in [-0.4, -0.2) is 24.2 Å².